The van der Waals surface area contributed by atoms with Crippen molar-refractivity contribution in [2.45, 2.75) is 13.8 Å². The van der Waals surface area contributed by atoms with Crippen LogP contribution in [-0.2, 0) is 0 Å². The molecule has 0 fully saturated rings. The highest BCUT2D eigenvalue weighted by Gasteiger charge is 2.16. The Balaban J connectivity index is 1.82. The lowest BCUT2D eigenvalue weighted by molar-refractivity contribution is 0.0737. The molecule has 0 aliphatic heterocycles. The van der Waals surface area contributed by atoms with Crippen LogP contribution in [0.15, 0.2) is 72.8 Å². The van der Waals surface area contributed by atoms with Gasteiger partial charge in [0.15, 0.2) is 0 Å². The van der Waals surface area contributed by atoms with Crippen molar-refractivity contribution in [2.24, 2.45) is 0 Å². The Morgan fingerprint density at radius 3 is 2.25 bits per heavy atom. The van der Waals surface area contributed by atoms with E-state index in [1.807, 2.05) is 56.3 Å². The molecule has 4 aromatic rings. The second kappa shape index (κ2) is 7.45. The standard InChI is InChI=1S/C24H18ClNO2/c1-15-3-6-17(7-4-15)23-14-21(20-13-16(2)5-12-22(20)26-23)24(27)28-19-10-8-18(25)9-11-19/h3-14H,1-2H3. The number of carbonyl (C=O) groups excluding carboxylic acids is 1. The van der Waals surface area contributed by atoms with Gasteiger partial charge in [0.1, 0.15) is 5.75 Å². The molecule has 0 unspecified atom stereocenters. The zero-order valence-electron chi connectivity index (χ0n) is 15.6. The molecule has 1 heterocycles. The van der Waals surface area contributed by atoms with Crippen LogP contribution >= 0.6 is 11.6 Å². The summed E-state index contributed by atoms with van der Waals surface area (Å²) < 4.78 is 5.59. The SMILES string of the molecule is Cc1ccc(-c2cc(C(=O)Oc3ccc(Cl)cc3)c3cc(C)ccc3n2)cc1. The van der Waals surface area contributed by atoms with E-state index in [0.717, 1.165) is 27.7 Å². The third kappa shape index (κ3) is 3.75. The fourth-order valence-corrected chi connectivity index (χ4v) is 3.17. The summed E-state index contributed by atoms with van der Waals surface area (Å²) in [5.74, 6) is 0.0255. The van der Waals surface area contributed by atoms with Crippen molar-refractivity contribution in [3.63, 3.8) is 0 Å². The van der Waals surface area contributed by atoms with E-state index in [1.54, 1.807) is 30.3 Å². The maximum absolute atomic E-state index is 13.0. The van der Waals surface area contributed by atoms with Gasteiger partial charge in [0.05, 0.1) is 16.8 Å². The van der Waals surface area contributed by atoms with Crippen LogP contribution < -0.4 is 4.74 Å². The Morgan fingerprint density at radius 1 is 0.857 bits per heavy atom. The number of fused-ring (bicyclic) bond motifs is 1. The minimum absolute atomic E-state index is 0.423. The molecule has 3 nitrogen and oxygen atoms in total. The molecule has 0 amide bonds. The second-order valence-electron chi connectivity index (χ2n) is 6.79. The van der Waals surface area contributed by atoms with E-state index in [1.165, 1.54) is 5.56 Å². The van der Waals surface area contributed by atoms with Gasteiger partial charge < -0.3 is 4.74 Å². The summed E-state index contributed by atoms with van der Waals surface area (Å²) >= 11 is 5.91. The highest BCUT2D eigenvalue weighted by atomic mass is 35.5. The highest BCUT2D eigenvalue weighted by molar-refractivity contribution is 6.30. The highest BCUT2D eigenvalue weighted by Crippen LogP contribution is 2.27. The zero-order chi connectivity index (χ0) is 19.7. The molecule has 0 bridgehead atoms. The predicted octanol–water partition coefficient (Wildman–Crippen LogP) is 6.39. The van der Waals surface area contributed by atoms with E-state index in [0.29, 0.717) is 16.3 Å². The number of aryl methyl sites for hydroxylation is 2. The van der Waals surface area contributed by atoms with Crippen LogP contribution in [0.2, 0.25) is 5.02 Å². The largest absolute Gasteiger partial charge is 0.423 e. The van der Waals surface area contributed by atoms with Gasteiger partial charge in [-0.1, -0.05) is 53.1 Å². The van der Waals surface area contributed by atoms with Crippen LogP contribution in [0.1, 0.15) is 21.5 Å². The topological polar surface area (TPSA) is 39.2 Å². The monoisotopic (exact) mass is 387 g/mol. The number of nitrogens with zero attached hydrogens (tertiary/aromatic N) is 1. The molecular weight excluding hydrogens is 370 g/mol. The van der Waals surface area contributed by atoms with Crippen molar-refractivity contribution >= 4 is 28.5 Å². The summed E-state index contributed by atoms with van der Waals surface area (Å²) in [7, 11) is 0. The third-order valence-electron chi connectivity index (χ3n) is 4.56. The first kappa shape index (κ1) is 18.2. The lowest BCUT2D eigenvalue weighted by Crippen LogP contribution is -2.10. The first-order chi connectivity index (χ1) is 13.5. The van der Waals surface area contributed by atoms with Gasteiger partial charge in [0.25, 0.3) is 0 Å². The van der Waals surface area contributed by atoms with Crippen molar-refractivity contribution in [2.75, 3.05) is 0 Å². The fourth-order valence-electron chi connectivity index (χ4n) is 3.05. The number of aromatic nitrogens is 1. The predicted molar refractivity (Wildman–Crippen MR) is 113 cm³/mol. The molecule has 3 aromatic carbocycles. The molecule has 0 aliphatic carbocycles. The summed E-state index contributed by atoms with van der Waals surface area (Å²) in [6, 6.07) is 22.5. The van der Waals surface area contributed by atoms with Gasteiger partial charge in [-0.15, -0.1) is 0 Å². The molecule has 0 N–H and O–H groups in total. The summed E-state index contributed by atoms with van der Waals surface area (Å²) in [6.07, 6.45) is 0. The van der Waals surface area contributed by atoms with E-state index in [9.17, 15) is 4.79 Å². The fraction of sp³-hybridized carbons (Fsp3) is 0.0833. The van der Waals surface area contributed by atoms with E-state index in [2.05, 4.69) is 0 Å². The number of benzene rings is 3. The molecule has 0 radical (unpaired) electrons. The number of ether oxygens (including phenoxy) is 1. The second-order valence-corrected chi connectivity index (χ2v) is 7.22. The minimum atomic E-state index is -0.423. The number of esters is 1. The summed E-state index contributed by atoms with van der Waals surface area (Å²) in [5.41, 5.74) is 5.15. The Bertz CT molecular complexity index is 1170. The molecule has 0 saturated heterocycles. The normalized spacial score (nSPS) is 10.8. The van der Waals surface area contributed by atoms with Crippen LogP contribution in [0, 0.1) is 13.8 Å². The van der Waals surface area contributed by atoms with Crippen molar-refractivity contribution < 1.29 is 9.53 Å². The average molecular weight is 388 g/mol. The van der Waals surface area contributed by atoms with Gasteiger partial charge in [-0.2, -0.15) is 0 Å². The van der Waals surface area contributed by atoms with Gasteiger partial charge in [-0.05, 0) is 56.3 Å². The molecular formula is C24H18ClNO2. The number of pyridine rings is 1. The van der Waals surface area contributed by atoms with Crippen molar-refractivity contribution in [3.8, 4) is 17.0 Å². The minimum Gasteiger partial charge on any atom is -0.423 e. The van der Waals surface area contributed by atoms with Gasteiger partial charge in [0.2, 0.25) is 0 Å². The lowest BCUT2D eigenvalue weighted by atomic mass is 10.0. The first-order valence-corrected chi connectivity index (χ1v) is 9.33. The van der Waals surface area contributed by atoms with Crippen molar-refractivity contribution in [1.29, 1.82) is 0 Å². The zero-order valence-corrected chi connectivity index (χ0v) is 16.3. The Morgan fingerprint density at radius 2 is 1.54 bits per heavy atom. The van der Waals surface area contributed by atoms with Crippen molar-refractivity contribution in [3.05, 3.63) is 94.5 Å². The molecule has 4 rings (SSSR count). The van der Waals surface area contributed by atoms with E-state index >= 15 is 0 Å². The molecule has 0 spiro atoms. The van der Waals surface area contributed by atoms with Crippen LogP contribution in [0.25, 0.3) is 22.2 Å². The van der Waals surface area contributed by atoms with Crippen LogP contribution in [0.5, 0.6) is 5.75 Å². The summed E-state index contributed by atoms with van der Waals surface area (Å²) in [6.45, 7) is 4.02. The summed E-state index contributed by atoms with van der Waals surface area (Å²) in [5, 5.41) is 1.36. The Hall–Kier alpha value is -3.17. The molecule has 138 valence electrons. The molecule has 0 saturated carbocycles. The molecule has 0 aliphatic rings. The number of rotatable bonds is 3. The molecule has 28 heavy (non-hydrogen) atoms. The van der Waals surface area contributed by atoms with Crippen molar-refractivity contribution in [1.82, 2.24) is 4.98 Å². The number of carbonyl (C=O) groups is 1. The van der Waals surface area contributed by atoms with Gasteiger partial charge in [-0.25, -0.2) is 9.78 Å². The van der Waals surface area contributed by atoms with Gasteiger partial charge in [-0.3, -0.25) is 0 Å². The first-order valence-electron chi connectivity index (χ1n) is 8.96. The lowest BCUT2D eigenvalue weighted by Gasteiger charge is -2.11. The van der Waals surface area contributed by atoms with Gasteiger partial charge in [0, 0.05) is 16.0 Å². The Kier molecular flexibility index (Phi) is 4.84. The number of halogens is 1. The maximum atomic E-state index is 13.0. The smallest absolute Gasteiger partial charge is 0.344 e. The number of hydrogen-bond acceptors (Lipinski definition) is 3. The molecule has 1 aromatic heterocycles. The van der Waals surface area contributed by atoms with Crippen LogP contribution in [0.3, 0.4) is 0 Å². The van der Waals surface area contributed by atoms with E-state index in [4.69, 9.17) is 21.3 Å². The molecule has 4 heteroatoms. The maximum Gasteiger partial charge on any atom is 0.344 e. The van der Waals surface area contributed by atoms with E-state index in [-0.39, 0.29) is 0 Å². The average Bonchev–Trinajstić information content (AvgIpc) is 2.69. The summed E-state index contributed by atoms with van der Waals surface area (Å²) in [4.78, 5) is 17.7. The van der Waals surface area contributed by atoms with Crippen LogP contribution in [-0.4, -0.2) is 11.0 Å². The third-order valence-corrected chi connectivity index (χ3v) is 4.81. The van der Waals surface area contributed by atoms with E-state index < -0.39 is 5.97 Å². The number of hydrogen-bond donors (Lipinski definition) is 0. The Labute approximate surface area is 168 Å². The quantitative estimate of drug-likeness (QED) is 0.302. The van der Waals surface area contributed by atoms with Crippen LogP contribution in [0.4, 0.5) is 0 Å². The van der Waals surface area contributed by atoms with Gasteiger partial charge >= 0.3 is 5.97 Å². The molecule has 0 atom stereocenters.